The van der Waals surface area contributed by atoms with Crippen LogP contribution in [0, 0.1) is 31.1 Å². The Hall–Kier alpha value is -1.11. The molecule has 0 aliphatic rings. The molecular formula is C27H54O. The van der Waals surface area contributed by atoms with Gasteiger partial charge in [0.15, 0.2) is 0 Å². The van der Waals surface area contributed by atoms with Crippen molar-refractivity contribution in [2.45, 2.75) is 116 Å². The zero-order valence-electron chi connectivity index (χ0n) is 22.0. The SMILES string of the molecule is CC.CC.CCC(C)C(=O)C(C)(C)C.CCCC(C)C.Cc1cccc(C)c1. The van der Waals surface area contributed by atoms with E-state index in [0.29, 0.717) is 5.78 Å². The van der Waals surface area contributed by atoms with Crippen molar-refractivity contribution in [3.8, 4) is 0 Å². The van der Waals surface area contributed by atoms with E-state index in [1.165, 1.54) is 24.0 Å². The van der Waals surface area contributed by atoms with Crippen LogP contribution in [0.2, 0.25) is 0 Å². The molecule has 0 aromatic heterocycles. The first-order valence-corrected chi connectivity index (χ1v) is 11.5. The molecule has 1 rings (SSSR count). The van der Waals surface area contributed by atoms with Gasteiger partial charge in [0, 0.05) is 11.3 Å². The van der Waals surface area contributed by atoms with Gasteiger partial charge in [0.2, 0.25) is 0 Å². The van der Waals surface area contributed by atoms with Crippen molar-refractivity contribution < 1.29 is 4.79 Å². The van der Waals surface area contributed by atoms with Crippen molar-refractivity contribution in [1.29, 1.82) is 0 Å². The summed E-state index contributed by atoms with van der Waals surface area (Å²) >= 11 is 0. The molecule has 0 radical (unpaired) electrons. The van der Waals surface area contributed by atoms with E-state index in [2.05, 4.69) is 58.9 Å². The number of hydrogen-bond donors (Lipinski definition) is 0. The lowest BCUT2D eigenvalue weighted by atomic mass is 9.83. The number of hydrogen-bond acceptors (Lipinski definition) is 1. The van der Waals surface area contributed by atoms with E-state index in [1.807, 2.05) is 62.3 Å². The maximum atomic E-state index is 11.4. The summed E-state index contributed by atoms with van der Waals surface area (Å²) in [4.78, 5) is 11.4. The molecule has 0 saturated heterocycles. The summed E-state index contributed by atoms with van der Waals surface area (Å²) in [6.07, 6.45) is 3.66. The fraction of sp³-hybridized carbons (Fsp3) is 0.741. The lowest BCUT2D eigenvalue weighted by Gasteiger charge is -2.20. The lowest BCUT2D eigenvalue weighted by Crippen LogP contribution is -2.26. The zero-order valence-corrected chi connectivity index (χ0v) is 22.0. The summed E-state index contributed by atoms with van der Waals surface area (Å²) in [5.41, 5.74) is 2.52. The average molecular weight is 395 g/mol. The Morgan fingerprint density at radius 3 is 1.39 bits per heavy atom. The normalized spacial score (nSPS) is 10.5. The summed E-state index contributed by atoms with van der Waals surface area (Å²) in [7, 11) is 0. The van der Waals surface area contributed by atoms with Crippen LogP contribution in [-0.2, 0) is 4.79 Å². The molecule has 0 saturated carbocycles. The van der Waals surface area contributed by atoms with Crippen molar-refractivity contribution in [3.63, 3.8) is 0 Å². The van der Waals surface area contributed by atoms with Crippen molar-refractivity contribution in [3.05, 3.63) is 35.4 Å². The quantitative estimate of drug-likeness (QED) is 0.497. The van der Waals surface area contributed by atoms with Crippen LogP contribution in [-0.4, -0.2) is 5.78 Å². The summed E-state index contributed by atoms with van der Waals surface area (Å²) in [5.74, 6) is 1.49. The zero-order chi connectivity index (χ0) is 23.3. The molecule has 0 amide bonds. The Balaban J connectivity index is -0.000000145. The Morgan fingerprint density at radius 1 is 0.893 bits per heavy atom. The van der Waals surface area contributed by atoms with Gasteiger partial charge in [-0.3, -0.25) is 4.79 Å². The Kier molecular flexibility index (Phi) is 27.3. The van der Waals surface area contributed by atoms with E-state index in [9.17, 15) is 4.79 Å². The van der Waals surface area contributed by atoms with Gasteiger partial charge >= 0.3 is 0 Å². The Morgan fingerprint density at radius 2 is 1.29 bits per heavy atom. The molecule has 1 aromatic rings. The maximum Gasteiger partial charge on any atom is 0.140 e. The number of benzene rings is 1. The predicted molar refractivity (Wildman–Crippen MR) is 132 cm³/mol. The highest BCUT2D eigenvalue weighted by Gasteiger charge is 2.24. The van der Waals surface area contributed by atoms with E-state index < -0.39 is 0 Å². The molecule has 1 heteroatoms. The van der Waals surface area contributed by atoms with Crippen LogP contribution < -0.4 is 0 Å². The molecular weight excluding hydrogens is 340 g/mol. The van der Waals surface area contributed by atoms with Crippen molar-refractivity contribution in [1.82, 2.24) is 0 Å². The van der Waals surface area contributed by atoms with Crippen LogP contribution in [0.15, 0.2) is 24.3 Å². The number of Topliss-reactive ketones (excluding diaryl/α,β-unsaturated/α-hetero) is 1. The molecule has 0 spiro atoms. The highest BCUT2D eigenvalue weighted by molar-refractivity contribution is 5.85. The van der Waals surface area contributed by atoms with Crippen molar-refractivity contribution in [2.24, 2.45) is 17.3 Å². The predicted octanol–water partition coefficient (Wildman–Crippen LogP) is 9.45. The molecule has 1 unspecified atom stereocenters. The van der Waals surface area contributed by atoms with Crippen LogP contribution >= 0.6 is 0 Å². The van der Waals surface area contributed by atoms with Gasteiger partial charge in [-0.05, 0) is 26.2 Å². The van der Waals surface area contributed by atoms with Gasteiger partial charge in [0.1, 0.15) is 5.78 Å². The minimum atomic E-state index is -0.157. The molecule has 0 aliphatic carbocycles. The molecule has 1 atom stereocenters. The maximum absolute atomic E-state index is 11.4. The lowest BCUT2D eigenvalue weighted by molar-refractivity contribution is -0.129. The van der Waals surface area contributed by atoms with Crippen LogP contribution in [0.25, 0.3) is 0 Å². The third-order valence-corrected chi connectivity index (χ3v) is 3.84. The van der Waals surface area contributed by atoms with Crippen LogP contribution in [0.3, 0.4) is 0 Å². The van der Waals surface area contributed by atoms with Crippen molar-refractivity contribution in [2.75, 3.05) is 0 Å². The second-order valence-corrected chi connectivity index (χ2v) is 8.26. The minimum absolute atomic E-state index is 0.157. The van der Waals surface area contributed by atoms with E-state index >= 15 is 0 Å². The molecule has 1 aromatic carbocycles. The van der Waals surface area contributed by atoms with Crippen LogP contribution in [0.4, 0.5) is 0 Å². The fourth-order valence-electron chi connectivity index (χ4n) is 2.31. The molecule has 1 nitrogen and oxygen atoms in total. The first kappa shape index (κ1) is 34.4. The van der Waals surface area contributed by atoms with Crippen molar-refractivity contribution >= 4 is 5.78 Å². The van der Waals surface area contributed by atoms with E-state index in [-0.39, 0.29) is 11.3 Å². The average Bonchev–Trinajstić information content (AvgIpc) is 2.63. The first-order chi connectivity index (χ1) is 12.9. The van der Waals surface area contributed by atoms with Gasteiger partial charge in [-0.25, -0.2) is 0 Å². The largest absolute Gasteiger partial charge is 0.299 e. The second kappa shape index (κ2) is 22.2. The number of aryl methyl sites for hydroxylation is 2. The van der Waals surface area contributed by atoms with Crippen LogP contribution in [0.5, 0.6) is 0 Å². The van der Waals surface area contributed by atoms with E-state index in [0.717, 1.165) is 12.3 Å². The minimum Gasteiger partial charge on any atom is -0.299 e. The molecule has 0 aliphatic heterocycles. The number of rotatable bonds is 4. The number of carbonyl (C=O) groups excluding carboxylic acids is 1. The highest BCUT2D eigenvalue weighted by atomic mass is 16.1. The topological polar surface area (TPSA) is 17.1 Å². The van der Waals surface area contributed by atoms with Gasteiger partial charge in [-0.15, -0.1) is 0 Å². The second-order valence-electron chi connectivity index (χ2n) is 8.26. The summed E-state index contributed by atoms with van der Waals surface area (Å²) < 4.78 is 0. The Labute approximate surface area is 179 Å². The molecule has 28 heavy (non-hydrogen) atoms. The van der Waals surface area contributed by atoms with Crippen LogP contribution in [0.1, 0.15) is 113 Å². The third kappa shape index (κ3) is 24.9. The summed E-state index contributed by atoms with van der Waals surface area (Å²) in [5, 5.41) is 0. The number of carbonyl (C=O) groups is 1. The third-order valence-electron chi connectivity index (χ3n) is 3.84. The van der Waals surface area contributed by atoms with E-state index in [4.69, 9.17) is 0 Å². The summed E-state index contributed by atoms with van der Waals surface area (Å²) in [6.45, 7) is 28.9. The first-order valence-electron chi connectivity index (χ1n) is 11.5. The summed E-state index contributed by atoms with van der Waals surface area (Å²) in [6, 6.07) is 8.45. The molecule has 0 bridgehead atoms. The highest BCUT2D eigenvalue weighted by Crippen LogP contribution is 2.21. The standard InChI is InChI=1S/C9H18O.C8H10.C6H14.2C2H6/c1-6-7(2)8(10)9(3,4)5;1-7-4-3-5-8(2)6-7;1-4-5-6(2)3;2*1-2/h7H,6H2,1-5H3;3-6H,1-2H3;6H,4-5H2,1-3H3;2*1-2H3. The molecule has 0 N–H and O–H groups in total. The fourth-order valence-corrected chi connectivity index (χ4v) is 2.31. The van der Waals surface area contributed by atoms with Gasteiger partial charge in [-0.2, -0.15) is 0 Å². The molecule has 168 valence electrons. The molecule has 0 heterocycles. The monoisotopic (exact) mass is 394 g/mol. The van der Waals surface area contributed by atoms with Gasteiger partial charge in [0.05, 0.1) is 0 Å². The van der Waals surface area contributed by atoms with Gasteiger partial charge < -0.3 is 0 Å². The molecule has 0 fully saturated rings. The van der Waals surface area contributed by atoms with Gasteiger partial charge in [0.25, 0.3) is 0 Å². The van der Waals surface area contributed by atoms with E-state index in [1.54, 1.807) is 0 Å². The Bertz CT molecular complexity index is 421. The number of ketones is 1. The van der Waals surface area contributed by atoms with Gasteiger partial charge in [-0.1, -0.05) is 131 Å². The smallest absolute Gasteiger partial charge is 0.140 e.